The first-order valence-corrected chi connectivity index (χ1v) is 4.43. The number of hydrogen-bond donors (Lipinski definition) is 1. The average Bonchev–Trinajstić information content (AvgIpc) is 2.56. The molecule has 0 fully saturated rings. The number of rotatable bonds is 5. The van der Waals surface area contributed by atoms with E-state index in [1.807, 2.05) is 11.5 Å². The van der Waals surface area contributed by atoms with Crippen molar-refractivity contribution in [3.05, 3.63) is 11.6 Å². The second-order valence-electron chi connectivity index (χ2n) is 2.73. The minimum atomic E-state index is 0.427. The molecule has 0 aliphatic carbocycles. The number of ether oxygens (including phenoxy) is 1. The molecule has 0 aromatic carbocycles. The highest BCUT2D eigenvalue weighted by molar-refractivity contribution is 4.95. The largest absolute Gasteiger partial charge is 0.383 e. The highest BCUT2D eigenvalue weighted by Gasteiger charge is 2.07. The van der Waals surface area contributed by atoms with Gasteiger partial charge in [-0.05, 0) is 0 Å². The van der Waals surface area contributed by atoms with E-state index in [1.165, 1.54) is 0 Å². The molecule has 1 rings (SSSR count). The highest BCUT2D eigenvalue weighted by atomic mass is 16.5. The van der Waals surface area contributed by atoms with Gasteiger partial charge in [0.15, 0.2) is 0 Å². The van der Waals surface area contributed by atoms with E-state index in [2.05, 4.69) is 10.2 Å². The zero-order chi connectivity index (χ0) is 9.68. The van der Waals surface area contributed by atoms with Gasteiger partial charge in [-0.25, -0.2) is 0 Å². The van der Waals surface area contributed by atoms with Crippen LogP contribution < -0.4 is 5.73 Å². The Bertz CT molecular complexity index is 237. The van der Waals surface area contributed by atoms with Crippen molar-refractivity contribution in [1.82, 2.24) is 14.8 Å². The second kappa shape index (κ2) is 4.94. The van der Waals surface area contributed by atoms with Gasteiger partial charge in [-0.1, -0.05) is 6.92 Å². The Balaban J connectivity index is 2.78. The van der Waals surface area contributed by atoms with Crippen LogP contribution in [0.1, 0.15) is 18.6 Å². The van der Waals surface area contributed by atoms with Gasteiger partial charge in [0.1, 0.15) is 11.6 Å². The molecule has 1 heterocycles. The molecule has 0 saturated carbocycles. The molecule has 5 nitrogen and oxygen atoms in total. The summed E-state index contributed by atoms with van der Waals surface area (Å²) in [5.41, 5.74) is 5.53. The van der Waals surface area contributed by atoms with Crippen LogP contribution in [-0.2, 0) is 24.2 Å². The number of nitrogens with two attached hydrogens (primary N) is 1. The second-order valence-corrected chi connectivity index (χ2v) is 2.73. The molecule has 0 aliphatic rings. The van der Waals surface area contributed by atoms with Crippen LogP contribution in [0.15, 0.2) is 0 Å². The number of aryl methyl sites for hydroxylation is 1. The van der Waals surface area contributed by atoms with Gasteiger partial charge >= 0.3 is 0 Å². The van der Waals surface area contributed by atoms with E-state index < -0.39 is 0 Å². The molecule has 0 amide bonds. The van der Waals surface area contributed by atoms with Gasteiger partial charge in [0.05, 0.1) is 13.2 Å². The topological polar surface area (TPSA) is 66.0 Å². The van der Waals surface area contributed by atoms with Crippen molar-refractivity contribution in [1.29, 1.82) is 0 Å². The maximum atomic E-state index is 5.53. The maximum absolute atomic E-state index is 5.53. The van der Waals surface area contributed by atoms with Crippen molar-refractivity contribution in [2.24, 2.45) is 5.73 Å². The summed E-state index contributed by atoms with van der Waals surface area (Å²) < 4.78 is 7.01. The lowest BCUT2D eigenvalue weighted by Gasteiger charge is -2.06. The summed E-state index contributed by atoms with van der Waals surface area (Å²) in [6.07, 6.45) is 0.872. The number of hydrogen-bond acceptors (Lipinski definition) is 4. The fourth-order valence-corrected chi connectivity index (χ4v) is 1.23. The van der Waals surface area contributed by atoms with Gasteiger partial charge in [0, 0.05) is 20.1 Å². The molecule has 0 aliphatic heterocycles. The summed E-state index contributed by atoms with van der Waals surface area (Å²) in [5, 5.41) is 8.03. The Labute approximate surface area is 77.9 Å². The Morgan fingerprint density at radius 1 is 1.38 bits per heavy atom. The zero-order valence-electron chi connectivity index (χ0n) is 8.16. The summed E-state index contributed by atoms with van der Waals surface area (Å²) >= 11 is 0. The van der Waals surface area contributed by atoms with Crippen molar-refractivity contribution in [2.45, 2.75) is 26.4 Å². The lowest BCUT2D eigenvalue weighted by molar-refractivity contribution is 0.185. The highest BCUT2D eigenvalue weighted by Crippen LogP contribution is 2.02. The molecule has 0 radical (unpaired) electrons. The molecule has 0 unspecified atom stereocenters. The van der Waals surface area contributed by atoms with E-state index >= 15 is 0 Å². The quantitative estimate of drug-likeness (QED) is 0.696. The van der Waals surface area contributed by atoms with Crippen LogP contribution in [0.5, 0.6) is 0 Å². The summed E-state index contributed by atoms with van der Waals surface area (Å²) in [7, 11) is 1.68. The smallest absolute Gasteiger partial charge is 0.146 e. The van der Waals surface area contributed by atoms with Crippen LogP contribution in [0.25, 0.3) is 0 Å². The zero-order valence-corrected chi connectivity index (χ0v) is 8.16. The summed E-state index contributed by atoms with van der Waals surface area (Å²) in [5.74, 6) is 1.80. The van der Waals surface area contributed by atoms with E-state index in [4.69, 9.17) is 10.5 Å². The minimum Gasteiger partial charge on any atom is -0.383 e. The molecule has 0 bridgehead atoms. The molecular weight excluding hydrogens is 168 g/mol. The summed E-state index contributed by atoms with van der Waals surface area (Å²) in [6.45, 7) is 3.92. The molecule has 0 spiro atoms. The van der Waals surface area contributed by atoms with Gasteiger partial charge < -0.3 is 15.0 Å². The van der Waals surface area contributed by atoms with Crippen LogP contribution in [-0.4, -0.2) is 28.5 Å². The third kappa shape index (κ3) is 2.26. The predicted molar refractivity (Wildman–Crippen MR) is 49.2 cm³/mol. The fraction of sp³-hybridized carbons (Fsp3) is 0.750. The maximum Gasteiger partial charge on any atom is 0.146 e. The Kier molecular flexibility index (Phi) is 3.85. The van der Waals surface area contributed by atoms with E-state index in [-0.39, 0.29) is 0 Å². The molecule has 1 aromatic heterocycles. The lowest BCUT2D eigenvalue weighted by atomic mass is 10.4. The van der Waals surface area contributed by atoms with E-state index in [1.54, 1.807) is 7.11 Å². The molecule has 1 aromatic rings. The van der Waals surface area contributed by atoms with Crippen molar-refractivity contribution in [2.75, 3.05) is 13.7 Å². The van der Waals surface area contributed by atoms with Crippen LogP contribution in [0.2, 0.25) is 0 Å². The molecule has 2 N–H and O–H groups in total. The number of aromatic nitrogens is 3. The van der Waals surface area contributed by atoms with E-state index in [0.717, 1.165) is 24.6 Å². The van der Waals surface area contributed by atoms with Gasteiger partial charge in [-0.2, -0.15) is 0 Å². The first-order chi connectivity index (χ1) is 6.33. The average molecular weight is 184 g/mol. The Hall–Kier alpha value is -0.940. The van der Waals surface area contributed by atoms with Crippen LogP contribution in [0.4, 0.5) is 0 Å². The monoisotopic (exact) mass is 184 g/mol. The summed E-state index contributed by atoms with van der Waals surface area (Å²) in [6, 6.07) is 0. The van der Waals surface area contributed by atoms with Crippen LogP contribution >= 0.6 is 0 Å². The third-order valence-corrected chi connectivity index (χ3v) is 1.92. The Morgan fingerprint density at radius 2 is 2.08 bits per heavy atom. The van der Waals surface area contributed by atoms with E-state index in [9.17, 15) is 0 Å². The SMILES string of the molecule is CCc1nnc(CN)n1CCOC. The van der Waals surface area contributed by atoms with Crippen molar-refractivity contribution >= 4 is 0 Å². The standard InChI is InChI=1S/C8H16N4O/c1-3-7-10-11-8(6-9)12(7)4-5-13-2/h3-6,9H2,1-2H3. The molecule has 74 valence electrons. The summed E-state index contributed by atoms with van der Waals surface area (Å²) in [4.78, 5) is 0. The van der Waals surface area contributed by atoms with Gasteiger partial charge in [0.2, 0.25) is 0 Å². The van der Waals surface area contributed by atoms with Gasteiger partial charge in [-0.3, -0.25) is 0 Å². The van der Waals surface area contributed by atoms with Crippen LogP contribution in [0, 0.1) is 0 Å². The normalized spacial score (nSPS) is 10.7. The minimum absolute atomic E-state index is 0.427. The van der Waals surface area contributed by atoms with Crippen molar-refractivity contribution in [3.63, 3.8) is 0 Å². The molecule has 5 heteroatoms. The van der Waals surface area contributed by atoms with Gasteiger partial charge in [0.25, 0.3) is 0 Å². The van der Waals surface area contributed by atoms with E-state index in [0.29, 0.717) is 13.2 Å². The van der Waals surface area contributed by atoms with Crippen molar-refractivity contribution < 1.29 is 4.74 Å². The first kappa shape index (κ1) is 10.1. The lowest BCUT2D eigenvalue weighted by Crippen LogP contribution is -2.13. The first-order valence-electron chi connectivity index (χ1n) is 4.43. The van der Waals surface area contributed by atoms with Crippen molar-refractivity contribution in [3.8, 4) is 0 Å². The number of nitrogens with zero attached hydrogens (tertiary/aromatic N) is 3. The number of methoxy groups -OCH3 is 1. The fourth-order valence-electron chi connectivity index (χ4n) is 1.23. The molecule has 0 saturated heterocycles. The predicted octanol–water partition coefficient (Wildman–Crippen LogP) is -0.0544. The Morgan fingerprint density at radius 3 is 2.62 bits per heavy atom. The van der Waals surface area contributed by atoms with Gasteiger partial charge in [-0.15, -0.1) is 10.2 Å². The van der Waals surface area contributed by atoms with Crippen LogP contribution in [0.3, 0.4) is 0 Å². The third-order valence-electron chi connectivity index (χ3n) is 1.92. The molecular formula is C8H16N4O. The molecule has 0 atom stereocenters. The molecule has 13 heavy (non-hydrogen) atoms.